The lowest BCUT2D eigenvalue weighted by Crippen LogP contribution is -2.39. The Balaban J connectivity index is 1.55. The molecule has 1 aliphatic heterocycles. The predicted octanol–water partition coefficient (Wildman–Crippen LogP) is 4.26. The third-order valence-corrected chi connectivity index (χ3v) is 8.85. The first-order valence-electron chi connectivity index (χ1n) is 13.4. The van der Waals surface area contributed by atoms with Gasteiger partial charge in [0, 0.05) is 18.7 Å². The van der Waals surface area contributed by atoms with Gasteiger partial charge in [-0.05, 0) is 54.3 Å². The van der Waals surface area contributed by atoms with Crippen LogP contribution in [0.4, 0.5) is 0 Å². The Labute approximate surface area is 259 Å². The summed E-state index contributed by atoms with van der Waals surface area (Å²) in [5.41, 5.74) is 3.24. The maximum absolute atomic E-state index is 14.2. The number of ether oxygens (including phenoxy) is 3. The van der Waals surface area contributed by atoms with E-state index in [4.69, 9.17) is 19.3 Å². The third-order valence-electron chi connectivity index (χ3n) is 6.99. The SMILES string of the molecule is COC(=O)C1=C(C)N=c2s/c(=C\c3cn(-c4ccccc4)nc3-c3cccs3)c(=O)n2[C@H]1c1ccc(OC(C)=O)c(OC)c1. The number of rotatable bonds is 7. The number of thiazole rings is 1. The van der Waals surface area contributed by atoms with Gasteiger partial charge in [0.15, 0.2) is 16.3 Å². The van der Waals surface area contributed by atoms with Crippen molar-refractivity contribution in [2.75, 3.05) is 14.2 Å². The Morgan fingerprint density at radius 2 is 1.82 bits per heavy atom. The fourth-order valence-electron chi connectivity index (χ4n) is 5.05. The molecule has 2 aromatic carbocycles. The number of hydrogen-bond donors (Lipinski definition) is 0. The Morgan fingerprint density at radius 1 is 1.02 bits per heavy atom. The third kappa shape index (κ3) is 5.29. The van der Waals surface area contributed by atoms with Gasteiger partial charge in [0.05, 0.1) is 46.6 Å². The summed E-state index contributed by atoms with van der Waals surface area (Å²) in [5.74, 6) is -0.633. The molecule has 222 valence electrons. The van der Waals surface area contributed by atoms with Gasteiger partial charge in [-0.3, -0.25) is 14.2 Å². The van der Waals surface area contributed by atoms with Crippen LogP contribution in [0, 0.1) is 0 Å². The topological polar surface area (TPSA) is 114 Å². The van der Waals surface area contributed by atoms with E-state index in [2.05, 4.69) is 4.99 Å². The van der Waals surface area contributed by atoms with Crippen LogP contribution in [0.5, 0.6) is 11.5 Å². The minimum Gasteiger partial charge on any atom is -0.493 e. The summed E-state index contributed by atoms with van der Waals surface area (Å²) >= 11 is 2.78. The summed E-state index contributed by atoms with van der Waals surface area (Å²) in [4.78, 5) is 44.9. The largest absolute Gasteiger partial charge is 0.493 e. The lowest BCUT2D eigenvalue weighted by atomic mass is 9.95. The van der Waals surface area contributed by atoms with Crippen LogP contribution in [0.1, 0.15) is 31.0 Å². The number of carbonyl (C=O) groups excluding carboxylic acids is 2. The molecule has 12 heteroatoms. The number of thiophene rings is 1. The van der Waals surface area contributed by atoms with Crippen molar-refractivity contribution in [3.63, 3.8) is 0 Å². The molecule has 0 saturated heterocycles. The van der Waals surface area contributed by atoms with Crippen molar-refractivity contribution < 1.29 is 23.8 Å². The Morgan fingerprint density at radius 3 is 2.50 bits per heavy atom. The molecule has 1 atom stereocenters. The van der Waals surface area contributed by atoms with E-state index in [0.29, 0.717) is 20.6 Å². The minimum atomic E-state index is -0.870. The molecular weight excluding hydrogens is 601 g/mol. The number of para-hydroxylation sites is 1. The lowest BCUT2D eigenvalue weighted by Gasteiger charge is -2.25. The number of benzene rings is 2. The van der Waals surface area contributed by atoms with Crippen LogP contribution in [-0.4, -0.2) is 40.5 Å². The van der Waals surface area contributed by atoms with Crippen LogP contribution in [-0.2, 0) is 14.3 Å². The van der Waals surface area contributed by atoms with Crippen LogP contribution < -0.4 is 24.4 Å². The number of carbonyl (C=O) groups is 2. The second kappa shape index (κ2) is 11.9. The highest BCUT2D eigenvalue weighted by atomic mass is 32.1. The molecule has 6 rings (SSSR count). The molecule has 1 aliphatic rings. The normalized spacial score (nSPS) is 14.6. The second-order valence-corrected chi connectivity index (χ2v) is 11.7. The van der Waals surface area contributed by atoms with Gasteiger partial charge in [-0.15, -0.1) is 11.3 Å². The van der Waals surface area contributed by atoms with Gasteiger partial charge in [-0.25, -0.2) is 14.5 Å². The molecule has 4 heterocycles. The first kappa shape index (κ1) is 29.0. The van der Waals surface area contributed by atoms with Crippen molar-refractivity contribution in [2.24, 2.45) is 4.99 Å². The monoisotopic (exact) mass is 626 g/mol. The first-order valence-corrected chi connectivity index (χ1v) is 15.1. The number of nitrogens with zero attached hydrogens (tertiary/aromatic N) is 4. The van der Waals surface area contributed by atoms with Gasteiger partial charge in [0.2, 0.25) is 0 Å². The molecule has 0 fully saturated rings. The van der Waals surface area contributed by atoms with Gasteiger partial charge < -0.3 is 14.2 Å². The molecule has 3 aromatic heterocycles. The lowest BCUT2D eigenvalue weighted by molar-refractivity contribution is -0.136. The summed E-state index contributed by atoms with van der Waals surface area (Å²) in [6.45, 7) is 3.00. The van der Waals surface area contributed by atoms with Crippen LogP contribution in [0.3, 0.4) is 0 Å². The molecule has 0 radical (unpaired) electrons. The van der Waals surface area contributed by atoms with E-state index in [1.54, 1.807) is 41.1 Å². The molecule has 0 N–H and O–H groups in total. The summed E-state index contributed by atoms with van der Waals surface area (Å²) < 4.78 is 19.6. The van der Waals surface area contributed by atoms with Crippen LogP contribution in [0.15, 0.2) is 93.3 Å². The van der Waals surface area contributed by atoms with E-state index in [1.807, 2.05) is 60.1 Å². The molecule has 0 amide bonds. The molecule has 44 heavy (non-hydrogen) atoms. The molecule has 0 spiro atoms. The fraction of sp³-hybridized carbons (Fsp3) is 0.156. The maximum atomic E-state index is 14.2. The summed E-state index contributed by atoms with van der Waals surface area (Å²) in [5, 5.41) is 6.83. The van der Waals surface area contributed by atoms with Gasteiger partial charge in [0.25, 0.3) is 5.56 Å². The molecule has 5 aromatic rings. The number of aromatic nitrogens is 3. The zero-order valence-corrected chi connectivity index (χ0v) is 25.8. The number of fused-ring (bicyclic) bond motifs is 1. The number of esters is 2. The van der Waals surface area contributed by atoms with E-state index < -0.39 is 18.0 Å². The maximum Gasteiger partial charge on any atom is 0.338 e. The average molecular weight is 627 g/mol. The van der Waals surface area contributed by atoms with Crippen molar-refractivity contribution >= 4 is 40.7 Å². The van der Waals surface area contributed by atoms with Gasteiger partial charge >= 0.3 is 11.9 Å². The number of hydrogen-bond acceptors (Lipinski definition) is 10. The highest BCUT2D eigenvalue weighted by Gasteiger charge is 2.34. The first-order chi connectivity index (χ1) is 21.3. The average Bonchev–Trinajstić information content (AvgIpc) is 3.76. The number of allylic oxidation sites excluding steroid dienone is 1. The Kier molecular flexibility index (Phi) is 7.85. The molecule has 0 bridgehead atoms. The summed E-state index contributed by atoms with van der Waals surface area (Å²) in [6.07, 6.45) is 3.70. The zero-order chi connectivity index (χ0) is 31.0. The standard InChI is InChI=1S/C32H26N4O6S2/c1-18-27(31(39)41-4)29(20-12-13-23(42-19(2)37)24(15-20)40-3)36-30(38)26(44-32(36)33-18)16-21-17-35(22-9-6-5-7-10-22)34-28(21)25-11-8-14-43-25/h5-17,29H,1-4H3/b26-16-/t29-/m0/s1. The minimum absolute atomic E-state index is 0.213. The quantitative estimate of drug-likeness (QED) is 0.196. The molecule has 0 saturated carbocycles. The van der Waals surface area contributed by atoms with Gasteiger partial charge in [-0.2, -0.15) is 5.10 Å². The highest BCUT2D eigenvalue weighted by molar-refractivity contribution is 7.13. The van der Waals surface area contributed by atoms with E-state index in [0.717, 1.165) is 21.8 Å². The van der Waals surface area contributed by atoms with Crippen LogP contribution >= 0.6 is 22.7 Å². The van der Waals surface area contributed by atoms with E-state index in [9.17, 15) is 14.4 Å². The van der Waals surface area contributed by atoms with Crippen molar-refractivity contribution in [2.45, 2.75) is 19.9 Å². The highest BCUT2D eigenvalue weighted by Crippen LogP contribution is 2.36. The Hall–Kier alpha value is -5.07. The smallest absolute Gasteiger partial charge is 0.338 e. The summed E-state index contributed by atoms with van der Waals surface area (Å²) in [7, 11) is 2.73. The zero-order valence-electron chi connectivity index (χ0n) is 24.1. The fourth-order valence-corrected chi connectivity index (χ4v) is 6.82. The van der Waals surface area contributed by atoms with Crippen molar-refractivity contribution in [1.29, 1.82) is 0 Å². The number of methoxy groups -OCH3 is 2. The summed E-state index contributed by atoms with van der Waals surface area (Å²) in [6, 6.07) is 17.7. The molecule has 0 aliphatic carbocycles. The molecule has 10 nitrogen and oxygen atoms in total. The predicted molar refractivity (Wildman–Crippen MR) is 167 cm³/mol. The second-order valence-electron chi connectivity index (χ2n) is 9.77. The van der Waals surface area contributed by atoms with Crippen molar-refractivity contribution in [1.82, 2.24) is 14.3 Å². The Bertz CT molecular complexity index is 2110. The van der Waals surface area contributed by atoms with Crippen LogP contribution in [0.25, 0.3) is 22.3 Å². The molecule has 0 unspecified atom stereocenters. The van der Waals surface area contributed by atoms with Gasteiger partial charge in [-0.1, -0.05) is 41.7 Å². The van der Waals surface area contributed by atoms with Gasteiger partial charge in [0.1, 0.15) is 5.69 Å². The van der Waals surface area contributed by atoms with E-state index >= 15 is 0 Å². The molecular formula is C32H26N4O6S2. The van der Waals surface area contributed by atoms with Crippen molar-refractivity contribution in [3.8, 4) is 27.8 Å². The van der Waals surface area contributed by atoms with Crippen LogP contribution in [0.2, 0.25) is 0 Å². The van der Waals surface area contributed by atoms with E-state index in [1.165, 1.54) is 37.0 Å². The van der Waals surface area contributed by atoms with Crippen molar-refractivity contribution in [3.05, 3.63) is 114 Å². The van der Waals surface area contributed by atoms with E-state index in [-0.39, 0.29) is 22.6 Å².